The zero-order valence-corrected chi connectivity index (χ0v) is 18.6. The maximum absolute atomic E-state index is 9.89. The highest BCUT2D eigenvalue weighted by molar-refractivity contribution is 5.81. The van der Waals surface area contributed by atoms with Crippen LogP contribution in [0.2, 0.25) is 0 Å². The Labute approximate surface area is 178 Å². The Morgan fingerprint density at radius 1 is 1.07 bits per heavy atom. The van der Waals surface area contributed by atoms with Gasteiger partial charge in [0.15, 0.2) is 11.5 Å². The van der Waals surface area contributed by atoms with Crippen LogP contribution in [-0.2, 0) is 0 Å². The lowest BCUT2D eigenvalue weighted by Gasteiger charge is -2.28. The molecule has 0 aliphatic carbocycles. The SMILES string of the molecule is CC(C)c1nnc2c(Nc3ccccc3N)nc(NC(CO)C(C)C)n(C(C)C)c1-2. The van der Waals surface area contributed by atoms with Crippen LogP contribution in [0.1, 0.15) is 59.2 Å². The number of aliphatic hydroxyl groups is 1. The van der Waals surface area contributed by atoms with Crippen molar-refractivity contribution in [1.82, 2.24) is 19.7 Å². The molecule has 1 atom stereocenters. The van der Waals surface area contributed by atoms with Crippen molar-refractivity contribution in [2.24, 2.45) is 5.92 Å². The van der Waals surface area contributed by atoms with Gasteiger partial charge in [0.05, 0.1) is 35.4 Å². The third-order valence-corrected chi connectivity index (χ3v) is 5.23. The number of nitrogen functional groups attached to an aromatic ring is 1. The molecule has 2 heterocycles. The van der Waals surface area contributed by atoms with Gasteiger partial charge in [0.1, 0.15) is 0 Å². The number of hydrogen-bond acceptors (Lipinski definition) is 7. The molecule has 0 bridgehead atoms. The molecule has 162 valence electrons. The largest absolute Gasteiger partial charge is 0.397 e. The van der Waals surface area contributed by atoms with Crippen LogP contribution in [0.15, 0.2) is 24.3 Å². The summed E-state index contributed by atoms with van der Waals surface area (Å²) in [6, 6.07) is 7.54. The average molecular weight is 412 g/mol. The molecular formula is C22H33N7O. The van der Waals surface area contributed by atoms with Crippen LogP contribution < -0.4 is 16.4 Å². The van der Waals surface area contributed by atoms with Crippen molar-refractivity contribution in [1.29, 1.82) is 0 Å². The molecule has 8 nitrogen and oxygen atoms in total. The van der Waals surface area contributed by atoms with Crippen molar-refractivity contribution >= 4 is 23.1 Å². The molecule has 0 saturated carbocycles. The zero-order valence-electron chi connectivity index (χ0n) is 18.6. The summed E-state index contributed by atoms with van der Waals surface area (Å²) in [5.74, 6) is 1.68. The van der Waals surface area contributed by atoms with Gasteiger partial charge in [-0.05, 0) is 37.8 Å². The summed E-state index contributed by atoms with van der Waals surface area (Å²) < 4.78 is 2.12. The molecule has 3 rings (SSSR count). The quantitative estimate of drug-likeness (QED) is 0.410. The highest BCUT2D eigenvalue weighted by atomic mass is 16.3. The number of nitrogens with one attached hydrogen (secondary N) is 2. The van der Waals surface area contributed by atoms with E-state index in [4.69, 9.17) is 10.7 Å². The van der Waals surface area contributed by atoms with Crippen LogP contribution in [0.25, 0.3) is 11.4 Å². The van der Waals surface area contributed by atoms with Crippen LogP contribution >= 0.6 is 0 Å². The summed E-state index contributed by atoms with van der Waals surface area (Å²) in [4.78, 5) is 4.87. The van der Waals surface area contributed by atoms with Crippen molar-refractivity contribution in [3.05, 3.63) is 30.0 Å². The summed E-state index contributed by atoms with van der Waals surface area (Å²) in [5.41, 5.74) is 10.1. The Kier molecular flexibility index (Phi) is 6.45. The molecule has 5 N–H and O–H groups in total. The second-order valence-corrected chi connectivity index (χ2v) is 8.57. The molecule has 0 saturated heterocycles. The molecule has 1 unspecified atom stereocenters. The number of fused-ring (bicyclic) bond motifs is 1. The lowest BCUT2D eigenvalue weighted by atomic mass is 10.0. The minimum absolute atomic E-state index is 0.0123. The normalized spacial score (nSPS) is 12.9. The van der Waals surface area contributed by atoms with Crippen molar-refractivity contribution in [3.8, 4) is 11.4 Å². The lowest BCUT2D eigenvalue weighted by molar-refractivity contribution is 0.248. The van der Waals surface area contributed by atoms with Gasteiger partial charge < -0.3 is 26.0 Å². The molecule has 1 aromatic rings. The molecule has 0 amide bonds. The van der Waals surface area contributed by atoms with Crippen molar-refractivity contribution < 1.29 is 5.11 Å². The summed E-state index contributed by atoms with van der Waals surface area (Å²) in [5, 5.41) is 25.6. The number of aromatic nitrogens is 4. The van der Waals surface area contributed by atoms with Crippen LogP contribution in [0.3, 0.4) is 0 Å². The number of nitrogens with two attached hydrogens (primary N) is 1. The molecule has 8 heteroatoms. The van der Waals surface area contributed by atoms with E-state index in [2.05, 4.69) is 66.9 Å². The fourth-order valence-corrected chi connectivity index (χ4v) is 3.44. The summed E-state index contributed by atoms with van der Waals surface area (Å²) >= 11 is 0. The first-order valence-corrected chi connectivity index (χ1v) is 10.5. The Morgan fingerprint density at radius 2 is 1.77 bits per heavy atom. The average Bonchev–Trinajstić information content (AvgIpc) is 3.12. The third kappa shape index (κ3) is 4.18. The van der Waals surface area contributed by atoms with Crippen molar-refractivity contribution in [2.75, 3.05) is 23.0 Å². The zero-order chi connectivity index (χ0) is 22.0. The van der Waals surface area contributed by atoms with Gasteiger partial charge in [-0.2, -0.15) is 10.1 Å². The van der Waals surface area contributed by atoms with Gasteiger partial charge in [-0.15, -0.1) is 5.10 Å². The molecule has 1 aromatic carbocycles. The first-order valence-electron chi connectivity index (χ1n) is 10.5. The molecule has 0 radical (unpaired) electrons. The van der Waals surface area contributed by atoms with E-state index >= 15 is 0 Å². The molecule has 2 aliphatic rings. The number of anilines is 4. The van der Waals surface area contributed by atoms with E-state index in [0.717, 1.165) is 17.1 Å². The van der Waals surface area contributed by atoms with E-state index in [-0.39, 0.29) is 30.5 Å². The highest BCUT2D eigenvalue weighted by Crippen LogP contribution is 2.39. The van der Waals surface area contributed by atoms with Crippen LogP contribution in [0.5, 0.6) is 0 Å². The van der Waals surface area contributed by atoms with E-state index in [1.54, 1.807) is 0 Å². The van der Waals surface area contributed by atoms with E-state index in [1.807, 2.05) is 24.3 Å². The van der Waals surface area contributed by atoms with Crippen LogP contribution in [0.4, 0.5) is 23.1 Å². The van der Waals surface area contributed by atoms with Gasteiger partial charge in [0.2, 0.25) is 5.95 Å². The number of nitrogens with zero attached hydrogens (tertiary/aromatic N) is 4. The number of rotatable bonds is 8. The number of benzene rings is 1. The minimum atomic E-state index is -0.132. The van der Waals surface area contributed by atoms with E-state index < -0.39 is 0 Å². The molecule has 2 aliphatic heterocycles. The van der Waals surface area contributed by atoms with Gasteiger partial charge >= 0.3 is 0 Å². The van der Waals surface area contributed by atoms with E-state index in [9.17, 15) is 5.11 Å². The second-order valence-electron chi connectivity index (χ2n) is 8.57. The summed E-state index contributed by atoms with van der Waals surface area (Å²) in [6.07, 6.45) is 0. The fourth-order valence-electron chi connectivity index (χ4n) is 3.44. The topological polar surface area (TPSA) is 114 Å². The Morgan fingerprint density at radius 3 is 2.33 bits per heavy atom. The van der Waals surface area contributed by atoms with Gasteiger partial charge in [-0.25, -0.2) is 0 Å². The monoisotopic (exact) mass is 411 g/mol. The predicted octanol–water partition coefficient (Wildman–Crippen LogP) is 4.24. The smallest absolute Gasteiger partial charge is 0.205 e. The maximum Gasteiger partial charge on any atom is 0.205 e. The Balaban J connectivity index is 2.22. The van der Waals surface area contributed by atoms with Crippen LogP contribution in [0, 0.1) is 5.92 Å². The van der Waals surface area contributed by atoms with Gasteiger partial charge in [-0.3, -0.25) is 0 Å². The summed E-state index contributed by atoms with van der Waals surface area (Å²) in [7, 11) is 0. The van der Waals surface area contributed by atoms with Crippen LogP contribution in [-0.4, -0.2) is 37.5 Å². The molecule has 30 heavy (non-hydrogen) atoms. The molecule has 0 fully saturated rings. The first kappa shape index (κ1) is 21.8. The fraction of sp³-hybridized carbons (Fsp3) is 0.500. The molecule has 0 aromatic heterocycles. The van der Waals surface area contributed by atoms with Crippen molar-refractivity contribution in [2.45, 2.75) is 59.5 Å². The molecule has 0 spiro atoms. The minimum Gasteiger partial charge on any atom is -0.397 e. The lowest BCUT2D eigenvalue weighted by Crippen LogP contribution is -2.32. The number of para-hydroxylation sites is 2. The van der Waals surface area contributed by atoms with Crippen molar-refractivity contribution in [3.63, 3.8) is 0 Å². The maximum atomic E-state index is 9.89. The third-order valence-electron chi connectivity index (χ3n) is 5.23. The number of hydrogen-bond donors (Lipinski definition) is 4. The molecular weight excluding hydrogens is 378 g/mol. The predicted molar refractivity (Wildman–Crippen MR) is 122 cm³/mol. The Bertz CT molecular complexity index is 964. The van der Waals surface area contributed by atoms with E-state index in [0.29, 0.717) is 23.1 Å². The first-order chi connectivity index (χ1) is 14.2. The highest BCUT2D eigenvalue weighted by Gasteiger charge is 2.29. The summed E-state index contributed by atoms with van der Waals surface area (Å²) in [6.45, 7) is 12.6. The van der Waals surface area contributed by atoms with Gasteiger partial charge in [0.25, 0.3) is 0 Å². The number of aliphatic hydroxyl groups excluding tert-OH is 1. The second kappa shape index (κ2) is 8.87. The Hall–Kier alpha value is -2.87. The van der Waals surface area contributed by atoms with Gasteiger partial charge in [0, 0.05) is 6.04 Å². The van der Waals surface area contributed by atoms with E-state index in [1.165, 1.54) is 0 Å². The standard InChI is InChI=1S/C22H33N7O/c1-12(2)17(11-30)25-22-26-21(24-16-10-8-7-9-15(16)23)19-20(29(22)14(5)6)18(13(3)4)27-28-19/h7-10,12-14,17,24,30H,11,23H2,1-6H3,(H,25,26). The van der Waals surface area contributed by atoms with Gasteiger partial charge in [-0.1, -0.05) is 39.8 Å².